The highest BCUT2D eigenvalue weighted by molar-refractivity contribution is 9.10. The molecule has 0 aliphatic heterocycles. The van der Waals surface area contributed by atoms with Crippen LogP contribution in [0.3, 0.4) is 0 Å². The second-order valence-corrected chi connectivity index (χ2v) is 5.84. The second kappa shape index (κ2) is 6.81. The summed E-state index contributed by atoms with van der Waals surface area (Å²) < 4.78 is 52.0. The van der Waals surface area contributed by atoms with Crippen molar-refractivity contribution in [3.05, 3.63) is 40.2 Å². The molecular weight excluding hydrogens is 364 g/mol. The van der Waals surface area contributed by atoms with E-state index in [4.69, 9.17) is 0 Å². The fourth-order valence-corrected chi connectivity index (χ4v) is 2.70. The third-order valence-corrected chi connectivity index (χ3v) is 4.20. The smallest absolute Gasteiger partial charge is 0.263 e. The van der Waals surface area contributed by atoms with E-state index in [0.29, 0.717) is 13.0 Å². The summed E-state index contributed by atoms with van der Waals surface area (Å²) in [6.45, 7) is 2.19. The Morgan fingerprint density at radius 2 is 1.77 bits per heavy atom. The average molecular weight is 379 g/mol. The van der Waals surface area contributed by atoms with E-state index in [1.807, 2.05) is 6.92 Å². The van der Waals surface area contributed by atoms with Gasteiger partial charge in [-0.3, -0.25) is 4.68 Å². The van der Waals surface area contributed by atoms with Crippen LogP contribution in [-0.4, -0.2) is 16.0 Å². The molecule has 0 saturated heterocycles. The Hall–Kier alpha value is -1.37. The van der Waals surface area contributed by atoms with Gasteiger partial charge in [0.15, 0.2) is 0 Å². The highest BCUT2D eigenvalue weighted by atomic mass is 79.9. The van der Waals surface area contributed by atoms with Crippen LogP contribution in [0.15, 0.2) is 28.7 Å². The summed E-state index contributed by atoms with van der Waals surface area (Å²) in [4.78, 5) is 0. The van der Waals surface area contributed by atoms with Crippen molar-refractivity contribution in [3.8, 4) is 11.3 Å². The number of rotatable bonds is 5. The predicted molar refractivity (Wildman–Crippen MR) is 80.0 cm³/mol. The Bertz CT molecular complexity index is 632. The van der Waals surface area contributed by atoms with Crippen LogP contribution in [0.25, 0.3) is 11.3 Å². The molecule has 7 heteroatoms. The number of benzene rings is 1. The van der Waals surface area contributed by atoms with E-state index in [9.17, 15) is 17.6 Å². The van der Waals surface area contributed by atoms with E-state index < -0.39 is 12.6 Å². The van der Waals surface area contributed by atoms with Gasteiger partial charge in [0.25, 0.3) is 0 Å². The largest absolute Gasteiger partial charge is 0.389 e. The van der Waals surface area contributed by atoms with Crippen molar-refractivity contribution in [2.24, 2.45) is 0 Å². The average Bonchev–Trinajstić information content (AvgIpc) is 2.71. The number of aryl methyl sites for hydroxylation is 2. The Balaban J connectivity index is 2.15. The maximum absolute atomic E-state index is 13.0. The number of nitrogens with zero attached hydrogens (tertiary/aromatic N) is 2. The first-order valence-corrected chi connectivity index (χ1v) is 7.63. The Morgan fingerprint density at radius 3 is 2.36 bits per heavy atom. The number of unbranched alkanes of at least 4 members (excludes halogenated alkanes) is 1. The number of halogens is 5. The lowest BCUT2D eigenvalue weighted by atomic mass is 10.1. The van der Waals surface area contributed by atoms with Gasteiger partial charge in [0, 0.05) is 18.5 Å². The number of hydrogen-bond acceptors (Lipinski definition) is 1. The molecule has 0 bridgehead atoms. The summed E-state index contributed by atoms with van der Waals surface area (Å²) in [5.74, 6) is -0.340. The molecule has 0 unspecified atom stereocenters. The maximum Gasteiger partial charge on any atom is 0.389 e. The van der Waals surface area contributed by atoms with Gasteiger partial charge in [-0.2, -0.15) is 18.3 Å². The molecule has 2 nitrogen and oxygen atoms in total. The van der Waals surface area contributed by atoms with Gasteiger partial charge in [-0.1, -0.05) is 0 Å². The van der Waals surface area contributed by atoms with Gasteiger partial charge < -0.3 is 0 Å². The Morgan fingerprint density at radius 1 is 1.14 bits per heavy atom. The summed E-state index contributed by atoms with van der Waals surface area (Å²) in [5, 5.41) is 4.34. The van der Waals surface area contributed by atoms with E-state index in [2.05, 4.69) is 21.0 Å². The lowest BCUT2D eigenvalue weighted by molar-refractivity contribution is -0.135. The van der Waals surface area contributed by atoms with Crippen LogP contribution in [0.1, 0.15) is 25.0 Å². The van der Waals surface area contributed by atoms with E-state index >= 15 is 0 Å². The zero-order chi connectivity index (χ0) is 16.3. The summed E-state index contributed by atoms with van der Waals surface area (Å²) in [7, 11) is 0. The van der Waals surface area contributed by atoms with Crippen molar-refractivity contribution in [1.29, 1.82) is 0 Å². The van der Waals surface area contributed by atoms with Crippen LogP contribution >= 0.6 is 15.9 Å². The first-order valence-electron chi connectivity index (χ1n) is 6.83. The maximum atomic E-state index is 13.0. The Labute approximate surface area is 134 Å². The molecule has 0 N–H and O–H groups in total. The van der Waals surface area contributed by atoms with Crippen molar-refractivity contribution in [2.75, 3.05) is 0 Å². The summed E-state index contributed by atoms with van der Waals surface area (Å²) in [5.41, 5.74) is 2.27. The first-order chi connectivity index (χ1) is 10.3. The van der Waals surface area contributed by atoms with Crippen LogP contribution in [0.5, 0.6) is 0 Å². The van der Waals surface area contributed by atoms with Gasteiger partial charge in [0.05, 0.1) is 15.9 Å². The molecule has 0 aliphatic carbocycles. The van der Waals surface area contributed by atoms with Crippen molar-refractivity contribution in [3.63, 3.8) is 0 Å². The molecule has 1 heterocycles. The lowest BCUT2D eigenvalue weighted by Gasteiger charge is -2.09. The highest BCUT2D eigenvalue weighted by Gasteiger charge is 2.26. The molecule has 0 atom stereocenters. The topological polar surface area (TPSA) is 17.8 Å². The first kappa shape index (κ1) is 17.0. The fourth-order valence-electron chi connectivity index (χ4n) is 2.19. The van der Waals surface area contributed by atoms with Crippen molar-refractivity contribution < 1.29 is 17.6 Å². The second-order valence-electron chi connectivity index (χ2n) is 5.05. The molecule has 0 aliphatic rings. The van der Waals surface area contributed by atoms with E-state index in [1.54, 1.807) is 16.8 Å². The summed E-state index contributed by atoms with van der Waals surface area (Å²) >= 11 is 3.44. The quantitative estimate of drug-likeness (QED) is 0.496. The molecule has 0 fully saturated rings. The summed E-state index contributed by atoms with van der Waals surface area (Å²) in [6, 6.07) is 5.95. The van der Waals surface area contributed by atoms with Crippen LogP contribution in [-0.2, 0) is 6.54 Å². The normalized spacial score (nSPS) is 11.9. The van der Waals surface area contributed by atoms with Crippen LogP contribution in [0.2, 0.25) is 0 Å². The molecule has 22 heavy (non-hydrogen) atoms. The molecule has 120 valence electrons. The minimum atomic E-state index is -4.12. The van der Waals surface area contributed by atoms with Gasteiger partial charge in [0.2, 0.25) is 0 Å². The summed E-state index contributed by atoms with van der Waals surface area (Å²) in [6.07, 6.45) is -4.48. The molecule has 0 amide bonds. The Kier molecular flexibility index (Phi) is 5.26. The van der Waals surface area contributed by atoms with E-state index in [1.165, 1.54) is 12.1 Å². The van der Waals surface area contributed by atoms with Crippen molar-refractivity contribution >= 4 is 15.9 Å². The minimum Gasteiger partial charge on any atom is -0.263 e. The third-order valence-electron chi connectivity index (χ3n) is 3.25. The molecule has 0 saturated carbocycles. The zero-order valence-corrected chi connectivity index (χ0v) is 13.5. The SMILES string of the molecule is Cc1nn(CCCCC(F)(F)F)c(-c2ccc(F)cc2)c1Br. The predicted octanol–water partition coefficient (Wildman–Crippen LogP) is 5.49. The molecule has 2 rings (SSSR count). The fraction of sp³-hybridized carbons (Fsp3) is 0.400. The third kappa shape index (κ3) is 4.32. The molecule has 0 radical (unpaired) electrons. The number of hydrogen-bond donors (Lipinski definition) is 0. The lowest BCUT2D eigenvalue weighted by Crippen LogP contribution is -2.08. The highest BCUT2D eigenvalue weighted by Crippen LogP contribution is 2.31. The number of aromatic nitrogens is 2. The minimum absolute atomic E-state index is 0.0584. The molecule has 2 aromatic rings. The number of alkyl halides is 3. The molecular formula is C15H15BrF4N2. The van der Waals surface area contributed by atoms with Gasteiger partial charge in [-0.05, 0) is 60.0 Å². The van der Waals surface area contributed by atoms with Crippen molar-refractivity contribution in [1.82, 2.24) is 9.78 Å². The van der Waals surface area contributed by atoms with E-state index in [0.717, 1.165) is 21.4 Å². The molecule has 0 spiro atoms. The van der Waals surface area contributed by atoms with Gasteiger partial charge in [-0.25, -0.2) is 4.39 Å². The van der Waals surface area contributed by atoms with Gasteiger partial charge in [0.1, 0.15) is 5.82 Å². The van der Waals surface area contributed by atoms with Gasteiger partial charge in [-0.15, -0.1) is 0 Å². The standard InChI is InChI=1S/C15H15BrF4N2/c1-10-13(16)14(11-4-6-12(17)7-5-11)22(21-10)9-3-2-8-15(18,19)20/h4-7H,2-3,8-9H2,1H3. The van der Waals surface area contributed by atoms with E-state index in [-0.39, 0.29) is 12.2 Å². The zero-order valence-electron chi connectivity index (χ0n) is 11.9. The van der Waals surface area contributed by atoms with Crippen LogP contribution in [0, 0.1) is 12.7 Å². The monoisotopic (exact) mass is 378 g/mol. The van der Waals surface area contributed by atoms with Gasteiger partial charge >= 0.3 is 6.18 Å². The van der Waals surface area contributed by atoms with Crippen LogP contribution < -0.4 is 0 Å². The van der Waals surface area contributed by atoms with Crippen LogP contribution in [0.4, 0.5) is 17.6 Å². The molecule has 1 aromatic heterocycles. The van der Waals surface area contributed by atoms with Crippen molar-refractivity contribution in [2.45, 2.75) is 38.9 Å². The molecule has 1 aromatic carbocycles.